The number of furan rings is 1. The van der Waals surface area contributed by atoms with Crippen molar-refractivity contribution in [2.75, 3.05) is 13.2 Å². The maximum atomic E-state index is 9.21. The SMILES string of the molecule is Cc1oc(-c2ccco2)nc1CN1CCCCC1CCO. The van der Waals surface area contributed by atoms with Crippen molar-refractivity contribution >= 4 is 0 Å². The Bertz CT molecular complexity index is 560. The Kier molecular flexibility index (Phi) is 4.41. The summed E-state index contributed by atoms with van der Waals surface area (Å²) in [5, 5.41) is 9.21. The molecule has 1 N–H and O–H groups in total. The number of aliphatic hydroxyl groups excluding tert-OH is 1. The summed E-state index contributed by atoms with van der Waals surface area (Å²) in [5.41, 5.74) is 0.964. The minimum atomic E-state index is 0.247. The van der Waals surface area contributed by atoms with Gasteiger partial charge in [0, 0.05) is 19.2 Å². The first-order chi connectivity index (χ1) is 10.3. The van der Waals surface area contributed by atoms with Gasteiger partial charge >= 0.3 is 0 Å². The number of hydrogen-bond acceptors (Lipinski definition) is 5. The molecule has 0 aliphatic carbocycles. The minimum Gasteiger partial charge on any atom is -0.459 e. The van der Waals surface area contributed by atoms with Crippen LogP contribution in [0, 0.1) is 6.92 Å². The lowest BCUT2D eigenvalue weighted by Crippen LogP contribution is -2.39. The van der Waals surface area contributed by atoms with Crippen molar-refractivity contribution in [1.29, 1.82) is 0 Å². The van der Waals surface area contributed by atoms with Crippen LogP contribution in [0.4, 0.5) is 0 Å². The van der Waals surface area contributed by atoms with Crippen LogP contribution >= 0.6 is 0 Å². The Morgan fingerprint density at radius 2 is 2.33 bits per heavy atom. The van der Waals surface area contributed by atoms with Crippen LogP contribution in [-0.4, -0.2) is 34.2 Å². The molecule has 0 bridgehead atoms. The lowest BCUT2D eigenvalue weighted by atomic mass is 9.99. The molecule has 21 heavy (non-hydrogen) atoms. The van der Waals surface area contributed by atoms with Gasteiger partial charge in [-0.3, -0.25) is 4.90 Å². The van der Waals surface area contributed by atoms with E-state index in [1.54, 1.807) is 6.26 Å². The summed E-state index contributed by atoms with van der Waals surface area (Å²) in [5.74, 6) is 2.05. The summed E-state index contributed by atoms with van der Waals surface area (Å²) in [4.78, 5) is 6.99. The van der Waals surface area contributed by atoms with E-state index >= 15 is 0 Å². The number of nitrogens with zero attached hydrogens (tertiary/aromatic N) is 2. The highest BCUT2D eigenvalue weighted by molar-refractivity contribution is 5.44. The summed E-state index contributed by atoms with van der Waals surface area (Å²) >= 11 is 0. The second-order valence-electron chi connectivity index (χ2n) is 5.63. The van der Waals surface area contributed by atoms with E-state index in [0.717, 1.165) is 37.4 Å². The van der Waals surface area contributed by atoms with Crippen LogP contribution in [0.5, 0.6) is 0 Å². The van der Waals surface area contributed by atoms with E-state index in [2.05, 4.69) is 9.88 Å². The fourth-order valence-electron chi connectivity index (χ4n) is 3.02. The number of hydrogen-bond donors (Lipinski definition) is 1. The Morgan fingerprint density at radius 3 is 3.10 bits per heavy atom. The van der Waals surface area contributed by atoms with E-state index in [0.29, 0.717) is 17.7 Å². The highest BCUT2D eigenvalue weighted by Crippen LogP contribution is 2.26. The Morgan fingerprint density at radius 1 is 1.43 bits per heavy atom. The van der Waals surface area contributed by atoms with Crippen molar-refractivity contribution in [3.05, 3.63) is 29.9 Å². The van der Waals surface area contributed by atoms with E-state index in [1.165, 1.54) is 12.8 Å². The van der Waals surface area contributed by atoms with Crippen molar-refractivity contribution in [2.24, 2.45) is 0 Å². The van der Waals surface area contributed by atoms with Gasteiger partial charge in [0.25, 0.3) is 5.89 Å². The van der Waals surface area contributed by atoms with Crippen molar-refractivity contribution < 1.29 is 13.9 Å². The molecule has 5 nitrogen and oxygen atoms in total. The van der Waals surface area contributed by atoms with Gasteiger partial charge < -0.3 is 13.9 Å². The molecule has 3 heterocycles. The van der Waals surface area contributed by atoms with Crippen LogP contribution in [0.15, 0.2) is 27.2 Å². The lowest BCUT2D eigenvalue weighted by Gasteiger charge is -2.35. The summed E-state index contributed by atoms with van der Waals surface area (Å²) in [7, 11) is 0. The van der Waals surface area contributed by atoms with Gasteiger partial charge in [0.05, 0.1) is 12.0 Å². The van der Waals surface area contributed by atoms with Gasteiger partial charge in [0.1, 0.15) is 5.76 Å². The molecule has 1 aliphatic rings. The first kappa shape index (κ1) is 14.4. The maximum Gasteiger partial charge on any atom is 0.263 e. The van der Waals surface area contributed by atoms with Crippen molar-refractivity contribution in [1.82, 2.24) is 9.88 Å². The highest BCUT2D eigenvalue weighted by Gasteiger charge is 2.24. The van der Waals surface area contributed by atoms with E-state index in [4.69, 9.17) is 8.83 Å². The largest absolute Gasteiger partial charge is 0.459 e. The molecule has 1 saturated heterocycles. The van der Waals surface area contributed by atoms with Crippen molar-refractivity contribution in [3.8, 4) is 11.7 Å². The van der Waals surface area contributed by atoms with Crippen LogP contribution in [0.2, 0.25) is 0 Å². The summed E-state index contributed by atoms with van der Waals surface area (Å²) in [6.45, 7) is 4.03. The van der Waals surface area contributed by atoms with Crippen molar-refractivity contribution in [2.45, 2.75) is 45.2 Å². The molecule has 0 aromatic carbocycles. The fourth-order valence-corrected chi connectivity index (χ4v) is 3.02. The Balaban J connectivity index is 1.74. The molecule has 1 atom stereocenters. The van der Waals surface area contributed by atoms with Gasteiger partial charge in [0.2, 0.25) is 0 Å². The molecular formula is C16H22N2O3. The molecule has 3 rings (SSSR count). The number of aliphatic hydroxyl groups is 1. The van der Waals surface area contributed by atoms with Crippen LogP contribution in [0.1, 0.15) is 37.1 Å². The molecule has 1 aliphatic heterocycles. The number of oxazole rings is 1. The molecule has 1 unspecified atom stereocenters. The first-order valence-corrected chi connectivity index (χ1v) is 7.63. The van der Waals surface area contributed by atoms with Gasteiger partial charge in [-0.05, 0) is 44.9 Å². The molecule has 0 spiro atoms. The summed E-state index contributed by atoms with van der Waals surface area (Å²) in [6.07, 6.45) is 6.07. The molecule has 5 heteroatoms. The third-order valence-electron chi connectivity index (χ3n) is 4.19. The summed E-state index contributed by atoms with van der Waals surface area (Å²) < 4.78 is 11.0. The van der Waals surface area contributed by atoms with Gasteiger partial charge in [0.15, 0.2) is 5.76 Å². The third-order valence-corrected chi connectivity index (χ3v) is 4.19. The molecule has 2 aromatic heterocycles. The zero-order valence-electron chi connectivity index (χ0n) is 12.4. The predicted octanol–water partition coefficient (Wildman–Crippen LogP) is 2.98. The molecule has 2 aromatic rings. The minimum absolute atomic E-state index is 0.247. The molecule has 1 fully saturated rings. The Hall–Kier alpha value is -1.59. The molecule has 0 saturated carbocycles. The average Bonchev–Trinajstić information content (AvgIpc) is 3.12. The third kappa shape index (κ3) is 3.19. The van der Waals surface area contributed by atoms with Gasteiger partial charge in [-0.2, -0.15) is 0 Å². The average molecular weight is 290 g/mol. The second kappa shape index (κ2) is 6.45. The van der Waals surface area contributed by atoms with Crippen LogP contribution in [-0.2, 0) is 6.54 Å². The zero-order valence-corrected chi connectivity index (χ0v) is 12.4. The van der Waals surface area contributed by atoms with E-state index in [9.17, 15) is 5.11 Å². The van der Waals surface area contributed by atoms with Crippen LogP contribution < -0.4 is 0 Å². The maximum absolute atomic E-state index is 9.21. The normalized spacial score (nSPS) is 20.0. The number of rotatable bonds is 5. The van der Waals surface area contributed by atoms with E-state index in [-0.39, 0.29) is 6.61 Å². The van der Waals surface area contributed by atoms with Gasteiger partial charge in [-0.25, -0.2) is 4.98 Å². The number of piperidine rings is 1. The van der Waals surface area contributed by atoms with Crippen LogP contribution in [0.25, 0.3) is 11.7 Å². The van der Waals surface area contributed by atoms with E-state index < -0.39 is 0 Å². The van der Waals surface area contributed by atoms with Gasteiger partial charge in [-0.15, -0.1) is 0 Å². The van der Waals surface area contributed by atoms with E-state index in [1.807, 2.05) is 19.1 Å². The molecular weight excluding hydrogens is 268 g/mol. The second-order valence-corrected chi connectivity index (χ2v) is 5.63. The highest BCUT2D eigenvalue weighted by atomic mass is 16.4. The van der Waals surface area contributed by atoms with Crippen LogP contribution in [0.3, 0.4) is 0 Å². The number of aryl methyl sites for hydroxylation is 1. The number of aromatic nitrogens is 1. The Labute approximate surface area is 124 Å². The van der Waals surface area contributed by atoms with Crippen molar-refractivity contribution in [3.63, 3.8) is 0 Å². The molecule has 114 valence electrons. The zero-order chi connectivity index (χ0) is 14.7. The van der Waals surface area contributed by atoms with Gasteiger partial charge in [-0.1, -0.05) is 6.42 Å². The fraction of sp³-hybridized carbons (Fsp3) is 0.562. The quantitative estimate of drug-likeness (QED) is 0.917. The number of likely N-dealkylation sites (tertiary alicyclic amines) is 1. The molecule has 0 amide bonds. The molecule has 0 radical (unpaired) electrons. The smallest absolute Gasteiger partial charge is 0.263 e. The summed E-state index contributed by atoms with van der Waals surface area (Å²) in [6, 6.07) is 4.13. The monoisotopic (exact) mass is 290 g/mol. The predicted molar refractivity (Wildman–Crippen MR) is 78.7 cm³/mol. The lowest BCUT2D eigenvalue weighted by molar-refractivity contribution is 0.111. The first-order valence-electron chi connectivity index (χ1n) is 7.63. The standard InChI is InChI=1S/C16H22N2O3/c1-12-14(17-16(21-12)15-6-4-10-20-15)11-18-8-3-2-5-13(18)7-9-19/h4,6,10,13,19H,2-3,5,7-9,11H2,1H3. The topological polar surface area (TPSA) is 62.6 Å².